The summed E-state index contributed by atoms with van der Waals surface area (Å²) in [7, 11) is 1.55. The highest BCUT2D eigenvalue weighted by molar-refractivity contribution is 5.93. The number of carbonyl (C=O) groups is 2. The molecule has 2 aromatic rings. The highest BCUT2D eigenvalue weighted by Gasteiger charge is 2.30. The smallest absolute Gasteiger partial charge is 0.416 e. The van der Waals surface area contributed by atoms with Gasteiger partial charge in [0, 0.05) is 12.1 Å². The lowest BCUT2D eigenvalue weighted by Crippen LogP contribution is -2.93. The molecule has 3 N–H and O–H groups in total. The van der Waals surface area contributed by atoms with E-state index in [4.69, 9.17) is 4.74 Å². The number of hydrogen-bond donors (Lipinski definition) is 2. The summed E-state index contributed by atoms with van der Waals surface area (Å²) in [6.07, 6.45) is -4.41. The monoisotopic (exact) mass is 410 g/mol. The Hall–Kier alpha value is -3.07. The number of methoxy groups -OCH3 is 1. The van der Waals surface area contributed by atoms with Gasteiger partial charge in [-0.05, 0) is 35.9 Å². The second-order valence-electron chi connectivity index (χ2n) is 6.38. The van der Waals surface area contributed by atoms with Crippen molar-refractivity contribution in [3.8, 4) is 5.75 Å². The number of nitrogens with two attached hydrogens (primary N) is 1. The second kappa shape index (κ2) is 9.92. The van der Waals surface area contributed by atoms with Crippen molar-refractivity contribution < 1.29 is 37.9 Å². The molecule has 6 nitrogen and oxygen atoms in total. The SMILES string of the molecule is COc1ccc(CC[NH2+][C@H](CC(=O)Nc2cccc(C(F)(F)F)c2)C(=O)[O-])cc1. The van der Waals surface area contributed by atoms with Crippen molar-refractivity contribution in [1.29, 1.82) is 0 Å². The molecule has 0 aromatic heterocycles. The number of anilines is 1. The number of quaternary nitrogens is 1. The molecule has 1 amide bonds. The lowest BCUT2D eigenvalue weighted by atomic mass is 10.1. The lowest BCUT2D eigenvalue weighted by Gasteiger charge is -2.17. The molecular weight excluding hydrogens is 389 g/mol. The summed E-state index contributed by atoms with van der Waals surface area (Å²) in [4.78, 5) is 23.4. The van der Waals surface area contributed by atoms with Gasteiger partial charge >= 0.3 is 6.18 Å². The third kappa shape index (κ3) is 7.11. The molecule has 9 heteroatoms. The molecule has 156 valence electrons. The average Bonchev–Trinajstić information content (AvgIpc) is 2.67. The first-order valence-corrected chi connectivity index (χ1v) is 8.83. The molecule has 2 aromatic carbocycles. The van der Waals surface area contributed by atoms with Gasteiger partial charge < -0.3 is 25.3 Å². The van der Waals surface area contributed by atoms with Crippen LogP contribution >= 0.6 is 0 Å². The van der Waals surface area contributed by atoms with Crippen LogP contribution in [0.15, 0.2) is 48.5 Å². The van der Waals surface area contributed by atoms with E-state index in [1.165, 1.54) is 11.4 Å². The summed E-state index contributed by atoms with van der Waals surface area (Å²) in [5.41, 5.74) is 0.00512. The Kier molecular flexibility index (Phi) is 7.60. The zero-order valence-electron chi connectivity index (χ0n) is 15.7. The molecule has 0 fully saturated rings. The van der Waals surface area contributed by atoms with E-state index in [1.807, 2.05) is 12.1 Å². The van der Waals surface area contributed by atoms with Crippen molar-refractivity contribution in [2.45, 2.75) is 25.1 Å². The highest BCUT2D eigenvalue weighted by atomic mass is 19.4. The number of halogens is 3. The number of aliphatic carboxylic acids is 1. The van der Waals surface area contributed by atoms with Gasteiger partial charge in [0.2, 0.25) is 5.91 Å². The minimum atomic E-state index is -4.54. The second-order valence-corrected chi connectivity index (χ2v) is 6.38. The van der Waals surface area contributed by atoms with Crippen LogP contribution in [0, 0.1) is 0 Å². The van der Waals surface area contributed by atoms with Gasteiger partial charge in [-0.2, -0.15) is 13.2 Å². The van der Waals surface area contributed by atoms with E-state index < -0.39 is 36.1 Å². The van der Waals surface area contributed by atoms with Crippen molar-refractivity contribution in [2.75, 3.05) is 19.0 Å². The quantitative estimate of drug-likeness (QED) is 0.644. The maximum absolute atomic E-state index is 12.7. The molecular formula is C20H21F3N2O4. The van der Waals surface area contributed by atoms with E-state index >= 15 is 0 Å². The molecule has 0 radical (unpaired) electrons. The van der Waals surface area contributed by atoms with Crippen LogP contribution in [0.1, 0.15) is 17.5 Å². The molecule has 0 saturated heterocycles. The molecule has 0 aliphatic carbocycles. The number of carboxylic acids is 1. The summed E-state index contributed by atoms with van der Waals surface area (Å²) >= 11 is 0. The van der Waals surface area contributed by atoms with Crippen molar-refractivity contribution in [1.82, 2.24) is 0 Å². The summed E-state index contributed by atoms with van der Waals surface area (Å²) in [6.45, 7) is 0.391. The van der Waals surface area contributed by atoms with Crippen LogP contribution < -0.4 is 20.5 Å². The number of alkyl halides is 3. The summed E-state index contributed by atoms with van der Waals surface area (Å²) in [5.74, 6) is -1.42. The number of hydrogen-bond acceptors (Lipinski definition) is 4. The van der Waals surface area contributed by atoms with Gasteiger partial charge in [0.25, 0.3) is 0 Å². The van der Waals surface area contributed by atoms with Gasteiger partial charge in [0.15, 0.2) is 0 Å². The normalized spacial score (nSPS) is 12.3. The Bertz CT molecular complexity index is 838. The van der Waals surface area contributed by atoms with E-state index in [2.05, 4.69) is 5.32 Å². The average molecular weight is 410 g/mol. The number of rotatable bonds is 9. The minimum Gasteiger partial charge on any atom is -0.544 e. The summed E-state index contributed by atoms with van der Waals surface area (Å²) < 4.78 is 43.3. The Morgan fingerprint density at radius 1 is 1.17 bits per heavy atom. The number of ether oxygens (including phenoxy) is 1. The van der Waals surface area contributed by atoms with Gasteiger partial charge in [-0.1, -0.05) is 18.2 Å². The van der Waals surface area contributed by atoms with Crippen LogP contribution in [0.4, 0.5) is 18.9 Å². The van der Waals surface area contributed by atoms with Crippen LogP contribution in [-0.4, -0.2) is 31.6 Å². The van der Waals surface area contributed by atoms with Gasteiger partial charge in [-0.15, -0.1) is 0 Å². The van der Waals surface area contributed by atoms with Crippen LogP contribution in [0.25, 0.3) is 0 Å². The molecule has 0 heterocycles. The van der Waals surface area contributed by atoms with Crippen LogP contribution in [-0.2, 0) is 22.2 Å². The lowest BCUT2D eigenvalue weighted by molar-refractivity contribution is -0.682. The van der Waals surface area contributed by atoms with E-state index in [0.717, 1.165) is 23.8 Å². The van der Waals surface area contributed by atoms with Crippen LogP contribution in [0.3, 0.4) is 0 Å². The Labute approximate surface area is 165 Å². The molecule has 0 unspecified atom stereocenters. The van der Waals surface area contributed by atoms with E-state index in [0.29, 0.717) is 18.7 Å². The minimum absolute atomic E-state index is 0.0554. The first kappa shape index (κ1) is 22.2. The fraction of sp³-hybridized carbons (Fsp3) is 0.300. The maximum Gasteiger partial charge on any atom is 0.416 e. The van der Waals surface area contributed by atoms with Crippen molar-refractivity contribution in [2.24, 2.45) is 0 Å². The molecule has 29 heavy (non-hydrogen) atoms. The zero-order valence-corrected chi connectivity index (χ0v) is 15.7. The Morgan fingerprint density at radius 3 is 2.45 bits per heavy atom. The molecule has 0 aliphatic heterocycles. The largest absolute Gasteiger partial charge is 0.544 e. The number of carbonyl (C=O) groups excluding carboxylic acids is 2. The van der Waals surface area contributed by atoms with Crippen LogP contribution in [0.5, 0.6) is 5.75 Å². The molecule has 0 bridgehead atoms. The van der Waals surface area contributed by atoms with Gasteiger partial charge in [0.1, 0.15) is 11.8 Å². The molecule has 2 rings (SSSR count). The Morgan fingerprint density at radius 2 is 1.86 bits per heavy atom. The topological polar surface area (TPSA) is 95.1 Å². The van der Waals surface area contributed by atoms with E-state index in [9.17, 15) is 27.9 Å². The predicted molar refractivity (Wildman–Crippen MR) is 97.0 cm³/mol. The summed E-state index contributed by atoms with van der Waals surface area (Å²) in [6, 6.07) is 10.2. The van der Waals surface area contributed by atoms with E-state index in [-0.39, 0.29) is 5.69 Å². The third-order valence-electron chi connectivity index (χ3n) is 4.22. The van der Waals surface area contributed by atoms with Crippen LogP contribution in [0.2, 0.25) is 0 Å². The van der Waals surface area contributed by atoms with Crippen molar-refractivity contribution in [3.63, 3.8) is 0 Å². The van der Waals surface area contributed by atoms with E-state index in [1.54, 1.807) is 19.2 Å². The molecule has 0 aliphatic rings. The molecule has 1 atom stereocenters. The molecule has 0 spiro atoms. The Balaban J connectivity index is 1.89. The fourth-order valence-corrected chi connectivity index (χ4v) is 2.69. The van der Waals surface area contributed by atoms with Crippen molar-refractivity contribution in [3.05, 3.63) is 59.7 Å². The maximum atomic E-state index is 12.7. The third-order valence-corrected chi connectivity index (χ3v) is 4.22. The zero-order chi connectivity index (χ0) is 21.4. The van der Waals surface area contributed by atoms with Gasteiger partial charge in [0.05, 0.1) is 31.6 Å². The molecule has 0 saturated carbocycles. The number of benzene rings is 2. The van der Waals surface area contributed by atoms with Gasteiger partial charge in [-0.25, -0.2) is 0 Å². The van der Waals surface area contributed by atoms with Crippen molar-refractivity contribution >= 4 is 17.6 Å². The number of nitrogens with one attached hydrogen (secondary N) is 1. The standard InChI is InChI=1S/C20H21F3N2O4/c1-29-16-7-5-13(6-8-16)9-10-24-17(19(27)28)12-18(26)25-15-4-2-3-14(11-15)20(21,22)23/h2-8,11,17,24H,9-10,12H2,1H3,(H,25,26)(H,27,28)/t17-/m1/s1. The van der Waals surface area contributed by atoms with Gasteiger partial charge in [-0.3, -0.25) is 4.79 Å². The number of amides is 1. The fourth-order valence-electron chi connectivity index (χ4n) is 2.69. The number of carboxylic acid groups (broad SMARTS) is 1. The highest BCUT2D eigenvalue weighted by Crippen LogP contribution is 2.30. The summed E-state index contributed by atoms with van der Waals surface area (Å²) in [5, 5.41) is 15.1. The first-order chi connectivity index (χ1) is 13.7. The first-order valence-electron chi connectivity index (χ1n) is 8.83. The predicted octanol–water partition coefficient (Wildman–Crippen LogP) is 0.967.